The molecule has 18 heavy (non-hydrogen) atoms. The molecule has 0 saturated heterocycles. The Hall–Kier alpha value is -1.84. The lowest BCUT2D eigenvalue weighted by Gasteiger charge is -2.14. The minimum Gasteiger partial charge on any atom is -0.480 e. The summed E-state index contributed by atoms with van der Waals surface area (Å²) in [6.07, 6.45) is 1.97. The van der Waals surface area contributed by atoms with E-state index in [4.69, 9.17) is 5.11 Å². The first kappa shape index (κ1) is 14.2. The van der Waals surface area contributed by atoms with E-state index < -0.39 is 5.97 Å². The van der Waals surface area contributed by atoms with E-state index in [-0.39, 0.29) is 12.5 Å². The number of carboxylic acids is 1. The molecule has 0 radical (unpaired) electrons. The molecule has 0 bridgehead atoms. The maximum absolute atomic E-state index is 11.6. The average Bonchev–Trinajstić information content (AvgIpc) is 2.30. The highest BCUT2D eigenvalue weighted by molar-refractivity contribution is 5.80. The van der Waals surface area contributed by atoms with Gasteiger partial charge in [-0.05, 0) is 25.3 Å². The quantitative estimate of drug-likeness (QED) is 0.837. The Balaban J connectivity index is 2.31. The van der Waals surface area contributed by atoms with E-state index in [2.05, 4.69) is 12.1 Å². The average molecular weight is 249 g/mol. The lowest BCUT2D eigenvalue weighted by atomic mass is 10.1. The van der Waals surface area contributed by atoms with Crippen LogP contribution in [0.4, 0.5) is 0 Å². The second-order valence-electron chi connectivity index (χ2n) is 4.48. The van der Waals surface area contributed by atoms with Gasteiger partial charge in [-0.3, -0.25) is 9.59 Å². The van der Waals surface area contributed by atoms with Gasteiger partial charge in [0.2, 0.25) is 5.91 Å². The smallest absolute Gasteiger partial charge is 0.323 e. The molecule has 0 aliphatic heterocycles. The SMILES string of the molecule is Cc1ccc(CCCC(=O)N(C)CC(=O)O)cc1. The summed E-state index contributed by atoms with van der Waals surface area (Å²) in [5.41, 5.74) is 2.42. The Kier molecular flexibility index (Phi) is 5.36. The zero-order chi connectivity index (χ0) is 13.5. The standard InChI is InChI=1S/C14H19NO3/c1-11-6-8-12(9-7-11)4-3-5-13(16)15(2)10-14(17)18/h6-9H,3-5,10H2,1-2H3,(H,17,18). The molecule has 1 aromatic carbocycles. The van der Waals surface area contributed by atoms with Gasteiger partial charge in [0.1, 0.15) is 6.54 Å². The van der Waals surface area contributed by atoms with Crippen molar-refractivity contribution in [1.82, 2.24) is 4.90 Å². The first-order chi connectivity index (χ1) is 8.49. The van der Waals surface area contributed by atoms with Crippen molar-refractivity contribution in [2.45, 2.75) is 26.2 Å². The van der Waals surface area contributed by atoms with Crippen LogP contribution in [0.1, 0.15) is 24.0 Å². The summed E-state index contributed by atoms with van der Waals surface area (Å²) in [6, 6.07) is 8.21. The summed E-state index contributed by atoms with van der Waals surface area (Å²) in [5.74, 6) is -1.10. The van der Waals surface area contributed by atoms with Gasteiger partial charge in [0.05, 0.1) is 0 Å². The molecular formula is C14H19NO3. The number of aliphatic carboxylic acids is 1. The van der Waals surface area contributed by atoms with Crippen molar-refractivity contribution in [3.8, 4) is 0 Å². The number of carboxylic acid groups (broad SMARTS) is 1. The van der Waals surface area contributed by atoms with Crippen molar-refractivity contribution >= 4 is 11.9 Å². The fraction of sp³-hybridized carbons (Fsp3) is 0.429. The van der Waals surface area contributed by atoms with Crippen LogP contribution >= 0.6 is 0 Å². The molecule has 4 nitrogen and oxygen atoms in total. The normalized spacial score (nSPS) is 10.1. The Morgan fingerprint density at radius 3 is 2.39 bits per heavy atom. The van der Waals surface area contributed by atoms with E-state index >= 15 is 0 Å². The fourth-order valence-electron chi connectivity index (χ4n) is 1.68. The number of amides is 1. The number of hydrogen-bond acceptors (Lipinski definition) is 2. The molecule has 0 unspecified atom stereocenters. The van der Waals surface area contributed by atoms with Crippen LogP contribution in [0.25, 0.3) is 0 Å². The first-order valence-corrected chi connectivity index (χ1v) is 6.00. The van der Waals surface area contributed by atoms with Crippen LogP contribution in [0.15, 0.2) is 24.3 Å². The van der Waals surface area contributed by atoms with E-state index in [1.807, 2.05) is 19.1 Å². The molecule has 1 N–H and O–H groups in total. The van der Waals surface area contributed by atoms with Gasteiger partial charge < -0.3 is 10.0 Å². The lowest BCUT2D eigenvalue weighted by Crippen LogP contribution is -2.31. The molecule has 0 atom stereocenters. The van der Waals surface area contributed by atoms with Gasteiger partial charge in [0, 0.05) is 13.5 Å². The Morgan fingerprint density at radius 2 is 1.83 bits per heavy atom. The summed E-state index contributed by atoms with van der Waals surface area (Å²) in [4.78, 5) is 23.3. The number of likely N-dealkylation sites (N-methyl/N-ethyl adjacent to an activating group) is 1. The van der Waals surface area contributed by atoms with E-state index in [1.54, 1.807) is 0 Å². The third-order valence-corrected chi connectivity index (χ3v) is 2.77. The van der Waals surface area contributed by atoms with E-state index in [9.17, 15) is 9.59 Å². The summed E-state index contributed by atoms with van der Waals surface area (Å²) in [5, 5.41) is 8.57. The number of hydrogen-bond donors (Lipinski definition) is 1. The van der Waals surface area contributed by atoms with E-state index in [1.165, 1.54) is 23.1 Å². The minimum atomic E-state index is -0.982. The van der Waals surface area contributed by atoms with Gasteiger partial charge in [0.25, 0.3) is 0 Å². The van der Waals surface area contributed by atoms with Crippen LogP contribution in [-0.2, 0) is 16.0 Å². The zero-order valence-electron chi connectivity index (χ0n) is 10.8. The van der Waals surface area contributed by atoms with Gasteiger partial charge in [-0.25, -0.2) is 0 Å². The summed E-state index contributed by atoms with van der Waals surface area (Å²) in [6.45, 7) is 1.80. The van der Waals surface area contributed by atoms with Crippen molar-refractivity contribution in [2.24, 2.45) is 0 Å². The third kappa shape index (κ3) is 4.99. The monoisotopic (exact) mass is 249 g/mol. The van der Waals surface area contributed by atoms with Gasteiger partial charge in [-0.2, -0.15) is 0 Å². The molecule has 1 aromatic rings. The highest BCUT2D eigenvalue weighted by atomic mass is 16.4. The molecule has 0 aliphatic carbocycles. The lowest BCUT2D eigenvalue weighted by molar-refractivity contribution is -0.143. The Morgan fingerprint density at radius 1 is 1.22 bits per heavy atom. The van der Waals surface area contributed by atoms with Crippen molar-refractivity contribution in [3.63, 3.8) is 0 Å². The molecule has 0 spiro atoms. The molecule has 0 heterocycles. The molecular weight excluding hydrogens is 230 g/mol. The number of aryl methyl sites for hydroxylation is 2. The van der Waals surface area contributed by atoms with Crippen molar-refractivity contribution < 1.29 is 14.7 Å². The minimum absolute atomic E-state index is 0.121. The molecule has 0 aliphatic rings. The molecule has 0 aromatic heterocycles. The number of carbonyl (C=O) groups is 2. The zero-order valence-corrected chi connectivity index (χ0v) is 10.8. The van der Waals surface area contributed by atoms with Crippen LogP contribution in [-0.4, -0.2) is 35.5 Å². The maximum atomic E-state index is 11.6. The molecule has 0 fully saturated rings. The topological polar surface area (TPSA) is 57.6 Å². The van der Waals surface area contributed by atoms with Gasteiger partial charge in [0.15, 0.2) is 0 Å². The second kappa shape index (κ2) is 6.79. The van der Waals surface area contributed by atoms with Crippen LogP contribution < -0.4 is 0 Å². The number of benzene rings is 1. The van der Waals surface area contributed by atoms with Crippen molar-refractivity contribution in [3.05, 3.63) is 35.4 Å². The van der Waals surface area contributed by atoms with Crippen LogP contribution in [0.5, 0.6) is 0 Å². The molecule has 4 heteroatoms. The highest BCUT2D eigenvalue weighted by Gasteiger charge is 2.11. The number of rotatable bonds is 6. The Bertz CT molecular complexity index is 412. The predicted molar refractivity (Wildman–Crippen MR) is 69.4 cm³/mol. The highest BCUT2D eigenvalue weighted by Crippen LogP contribution is 2.08. The van der Waals surface area contributed by atoms with Gasteiger partial charge >= 0.3 is 5.97 Å². The maximum Gasteiger partial charge on any atom is 0.323 e. The van der Waals surface area contributed by atoms with Crippen LogP contribution in [0.3, 0.4) is 0 Å². The number of carbonyl (C=O) groups excluding carboxylic acids is 1. The fourth-order valence-corrected chi connectivity index (χ4v) is 1.68. The van der Waals surface area contributed by atoms with Crippen molar-refractivity contribution in [2.75, 3.05) is 13.6 Å². The van der Waals surface area contributed by atoms with Crippen LogP contribution in [0, 0.1) is 6.92 Å². The number of nitrogens with zero attached hydrogens (tertiary/aromatic N) is 1. The Labute approximate surface area is 107 Å². The van der Waals surface area contributed by atoms with E-state index in [0.29, 0.717) is 6.42 Å². The summed E-state index contributed by atoms with van der Waals surface area (Å²) < 4.78 is 0. The van der Waals surface area contributed by atoms with Crippen molar-refractivity contribution in [1.29, 1.82) is 0 Å². The van der Waals surface area contributed by atoms with Gasteiger partial charge in [-0.15, -0.1) is 0 Å². The second-order valence-corrected chi connectivity index (χ2v) is 4.48. The summed E-state index contributed by atoms with van der Waals surface area (Å²) >= 11 is 0. The third-order valence-electron chi connectivity index (χ3n) is 2.77. The largest absolute Gasteiger partial charge is 0.480 e. The first-order valence-electron chi connectivity index (χ1n) is 6.00. The molecule has 1 rings (SSSR count). The van der Waals surface area contributed by atoms with E-state index in [0.717, 1.165) is 12.8 Å². The van der Waals surface area contributed by atoms with Crippen LogP contribution in [0.2, 0.25) is 0 Å². The molecule has 98 valence electrons. The predicted octanol–water partition coefficient (Wildman–Crippen LogP) is 1.86. The molecule has 0 saturated carbocycles. The molecule has 1 amide bonds. The van der Waals surface area contributed by atoms with Gasteiger partial charge in [-0.1, -0.05) is 29.8 Å². The summed E-state index contributed by atoms with van der Waals surface area (Å²) in [7, 11) is 1.52.